The molecule has 0 bridgehead atoms. The van der Waals surface area contributed by atoms with E-state index in [4.69, 9.17) is 11.6 Å². The summed E-state index contributed by atoms with van der Waals surface area (Å²) in [5, 5.41) is 10.1. The molecule has 96 valence electrons. The number of alkyl halides is 2. The van der Waals surface area contributed by atoms with E-state index in [1.165, 1.54) is 6.92 Å². The molecular weight excluding hydrogens is 328 g/mol. The Hall–Kier alpha value is -0.100. The van der Waals surface area contributed by atoms with Gasteiger partial charge in [0.15, 0.2) is 9.84 Å². The van der Waals surface area contributed by atoms with Gasteiger partial charge in [-0.2, -0.15) is 0 Å². The molecule has 6 heteroatoms. The molecule has 0 aliphatic heterocycles. The largest absolute Gasteiger partial charge is 0.385 e. The number of hydrogen-bond acceptors (Lipinski definition) is 3. The zero-order valence-electron chi connectivity index (χ0n) is 9.52. The van der Waals surface area contributed by atoms with E-state index in [2.05, 4.69) is 15.9 Å². The fourth-order valence-electron chi connectivity index (χ4n) is 1.40. The lowest BCUT2D eigenvalue weighted by Crippen LogP contribution is -2.34. The lowest BCUT2D eigenvalue weighted by molar-refractivity contribution is 0.185. The number of rotatable bonds is 4. The van der Waals surface area contributed by atoms with Crippen LogP contribution in [0.1, 0.15) is 24.2 Å². The van der Waals surface area contributed by atoms with Crippen LogP contribution < -0.4 is 0 Å². The Morgan fingerprint density at radius 1 is 1.53 bits per heavy atom. The van der Waals surface area contributed by atoms with Crippen molar-refractivity contribution in [2.75, 3.05) is 5.75 Å². The van der Waals surface area contributed by atoms with Crippen LogP contribution in [-0.2, 0) is 9.84 Å². The van der Waals surface area contributed by atoms with Gasteiger partial charge in [0.2, 0.25) is 3.12 Å². The number of halogens is 2. The first-order valence-corrected chi connectivity index (χ1v) is 7.89. The third-order valence-electron chi connectivity index (χ3n) is 2.47. The molecule has 0 aromatic heterocycles. The third-order valence-corrected chi connectivity index (χ3v) is 7.11. The fourth-order valence-corrected chi connectivity index (χ4v) is 3.66. The molecule has 1 aromatic rings. The predicted octanol–water partition coefficient (Wildman–Crippen LogP) is 2.75. The standard InChI is InChI=1S/C11H14BrClO3S/c1-3-17(15,16)11(12,13)10(14)9-6-4-5-8(2)7-9/h4-7,10,14H,3H2,1-2H3. The summed E-state index contributed by atoms with van der Waals surface area (Å²) in [6.07, 6.45) is -1.32. The first kappa shape index (κ1) is 15.0. The highest BCUT2D eigenvalue weighted by molar-refractivity contribution is 9.12. The van der Waals surface area contributed by atoms with Gasteiger partial charge in [0.1, 0.15) is 6.10 Å². The predicted molar refractivity (Wildman–Crippen MR) is 73.1 cm³/mol. The maximum atomic E-state index is 11.8. The summed E-state index contributed by atoms with van der Waals surface area (Å²) < 4.78 is 21.7. The Morgan fingerprint density at radius 2 is 2.12 bits per heavy atom. The van der Waals surface area contributed by atoms with Crippen LogP contribution in [0.15, 0.2) is 24.3 Å². The molecule has 0 saturated heterocycles. The summed E-state index contributed by atoms with van der Waals surface area (Å²) in [4.78, 5) is 0. The molecule has 0 radical (unpaired) electrons. The van der Waals surface area contributed by atoms with E-state index < -0.39 is 19.1 Å². The van der Waals surface area contributed by atoms with E-state index in [9.17, 15) is 13.5 Å². The van der Waals surface area contributed by atoms with Crippen molar-refractivity contribution in [2.24, 2.45) is 0 Å². The van der Waals surface area contributed by atoms with Crippen molar-refractivity contribution in [1.29, 1.82) is 0 Å². The summed E-state index contributed by atoms with van der Waals surface area (Å²) in [6, 6.07) is 6.94. The van der Waals surface area contributed by atoms with Crippen LogP contribution >= 0.6 is 27.5 Å². The molecule has 0 spiro atoms. The average molecular weight is 342 g/mol. The highest BCUT2D eigenvalue weighted by atomic mass is 79.9. The smallest absolute Gasteiger partial charge is 0.229 e. The fraction of sp³-hybridized carbons (Fsp3) is 0.455. The second kappa shape index (κ2) is 5.26. The molecule has 0 aliphatic carbocycles. The minimum Gasteiger partial charge on any atom is -0.385 e. The summed E-state index contributed by atoms with van der Waals surface area (Å²) in [6.45, 7) is 3.34. The molecule has 3 nitrogen and oxygen atoms in total. The van der Waals surface area contributed by atoms with Gasteiger partial charge in [0, 0.05) is 0 Å². The summed E-state index contributed by atoms with van der Waals surface area (Å²) in [5.74, 6) is -0.148. The van der Waals surface area contributed by atoms with Gasteiger partial charge in [0.25, 0.3) is 0 Å². The van der Waals surface area contributed by atoms with Crippen molar-refractivity contribution in [3.63, 3.8) is 0 Å². The van der Waals surface area contributed by atoms with Gasteiger partial charge in [-0.05, 0) is 28.4 Å². The van der Waals surface area contributed by atoms with E-state index in [0.717, 1.165) is 5.56 Å². The zero-order valence-corrected chi connectivity index (χ0v) is 12.7. The Bertz CT molecular complexity index is 499. The highest BCUT2D eigenvalue weighted by Crippen LogP contribution is 2.42. The molecule has 1 aromatic carbocycles. The van der Waals surface area contributed by atoms with Gasteiger partial charge in [0.05, 0.1) is 5.75 Å². The van der Waals surface area contributed by atoms with Crippen LogP contribution in [0.25, 0.3) is 0 Å². The average Bonchev–Trinajstić information content (AvgIpc) is 2.27. The second-order valence-electron chi connectivity index (χ2n) is 3.78. The minimum absolute atomic E-state index is 0.148. The van der Waals surface area contributed by atoms with Crippen molar-refractivity contribution in [2.45, 2.75) is 23.1 Å². The van der Waals surface area contributed by atoms with Crippen molar-refractivity contribution in [3.05, 3.63) is 35.4 Å². The number of aryl methyl sites for hydroxylation is 1. The van der Waals surface area contributed by atoms with Crippen molar-refractivity contribution >= 4 is 37.4 Å². The van der Waals surface area contributed by atoms with E-state index >= 15 is 0 Å². The Kier molecular flexibility index (Phi) is 4.63. The maximum absolute atomic E-state index is 11.8. The molecule has 0 fully saturated rings. The molecule has 1 N–H and O–H groups in total. The second-order valence-corrected chi connectivity index (χ2v) is 9.29. The van der Waals surface area contributed by atoms with Gasteiger partial charge in [-0.3, -0.25) is 0 Å². The number of aliphatic hydroxyl groups is 1. The molecular formula is C11H14BrClO3S. The third kappa shape index (κ3) is 3.02. The van der Waals surface area contributed by atoms with Crippen LogP contribution in [0.4, 0.5) is 0 Å². The van der Waals surface area contributed by atoms with E-state index in [1.54, 1.807) is 18.2 Å². The van der Waals surface area contributed by atoms with Crippen molar-refractivity contribution < 1.29 is 13.5 Å². The normalized spacial score (nSPS) is 17.5. The molecule has 0 amide bonds. The number of benzene rings is 1. The molecule has 2 unspecified atom stereocenters. The lowest BCUT2D eigenvalue weighted by Gasteiger charge is -2.26. The first-order chi connectivity index (χ1) is 7.72. The minimum atomic E-state index is -3.63. The zero-order chi connectivity index (χ0) is 13.3. The van der Waals surface area contributed by atoms with E-state index in [0.29, 0.717) is 5.56 Å². The number of aliphatic hydroxyl groups excluding tert-OH is 1. The number of sulfone groups is 1. The quantitative estimate of drug-likeness (QED) is 0.857. The van der Waals surface area contributed by atoms with E-state index in [1.807, 2.05) is 13.0 Å². The Morgan fingerprint density at radius 3 is 2.59 bits per heavy atom. The van der Waals surface area contributed by atoms with Gasteiger partial charge < -0.3 is 5.11 Å². The van der Waals surface area contributed by atoms with Crippen molar-refractivity contribution in [3.8, 4) is 0 Å². The molecule has 0 heterocycles. The summed E-state index contributed by atoms with van der Waals surface area (Å²) in [5.41, 5.74) is 1.39. The molecule has 1 rings (SSSR count). The maximum Gasteiger partial charge on any atom is 0.229 e. The van der Waals surface area contributed by atoms with Crippen LogP contribution in [0, 0.1) is 6.92 Å². The van der Waals surface area contributed by atoms with Crippen molar-refractivity contribution in [1.82, 2.24) is 0 Å². The highest BCUT2D eigenvalue weighted by Gasteiger charge is 2.45. The van der Waals surface area contributed by atoms with Gasteiger partial charge >= 0.3 is 0 Å². The Labute approximate surface area is 115 Å². The molecule has 17 heavy (non-hydrogen) atoms. The van der Waals surface area contributed by atoms with E-state index in [-0.39, 0.29) is 5.75 Å². The van der Waals surface area contributed by atoms with Crippen LogP contribution in [0.2, 0.25) is 0 Å². The SMILES string of the molecule is CCS(=O)(=O)C(Cl)(Br)C(O)c1cccc(C)c1. The molecule has 0 aliphatic rings. The topological polar surface area (TPSA) is 54.4 Å². The van der Waals surface area contributed by atoms with Crippen LogP contribution in [0.3, 0.4) is 0 Å². The summed E-state index contributed by atoms with van der Waals surface area (Å²) in [7, 11) is -3.63. The van der Waals surface area contributed by atoms with Crippen LogP contribution in [0.5, 0.6) is 0 Å². The molecule has 0 saturated carbocycles. The molecule has 2 atom stereocenters. The lowest BCUT2D eigenvalue weighted by atomic mass is 10.1. The van der Waals surface area contributed by atoms with Crippen LogP contribution in [-0.4, -0.2) is 22.4 Å². The monoisotopic (exact) mass is 340 g/mol. The van der Waals surface area contributed by atoms with Gasteiger partial charge in [-0.1, -0.05) is 48.4 Å². The summed E-state index contributed by atoms with van der Waals surface area (Å²) >= 11 is 8.86. The Balaban J connectivity index is 3.17. The number of hydrogen-bond donors (Lipinski definition) is 1. The first-order valence-electron chi connectivity index (χ1n) is 5.07. The van der Waals surface area contributed by atoms with Gasteiger partial charge in [-0.15, -0.1) is 0 Å². The van der Waals surface area contributed by atoms with Gasteiger partial charge in [-0.25, -0.2) is 8.42 Å².